The Balaban J connectivity index is 2.05. The number of rotatable bonds is 6. The van der Waals surface area contributed by atoms with E-state index in [0.29, 0.717) is 12.0 Å². The minimum Gasteiger partial charge on any atom is -0.314 e. The van der Waals surface area contributed by atoms with Gasteiger partial charge in [0.1, 0.15) is 9.84 Å². The fourth-order valence-electron chi connectivity index (χ4n) is 2.03. The summed E-state index contributed by atoms with van der Waals surface area (Å²) in [5.74, 6) is 0.235. The highest BCUT2D eigenvalue weighted by molar-refractivity contribution is 7.90. The Kier molecular flexibility index (Phi) is 4.76. The van der Waals surface area contributed by atoms with E-state index in [0.717, 1.165) is 19.6 Å². The summed E-state index contributed by atoms with van der Waals surface area (Å²) in [6, 6.07) is 0. The quantitative estimate of drug-likeness (QED) is 0.689. The van der Waals surface area contributed by atoms with Gasteiger partial charge < -0.3 is 10.2 Å². The molecule has 0 bridgehead atoms. The fraction of sp³-hybridized carbons (Fsp3) is 1.00. The van der Waals surface area contributed by atoms with Crippen molar-refractivity contribution in [2.75, 3.05) is 44.7 Å². The van der Waals surface area contributed by atoms with Crippen LogP contribution in [0, 0.1) is 5.41 Å². The highest BCUT2D eigenvalue weighted by atomic mass is 32.2. The van der Waals surface area contributed by atoms with Crippen molar-refractivity contribution in [3.05, 3.63) is 0 Å². The lowest BCUT2D eigenvalue weighted by Crippen LogP contribution is -2.33. The summed E-state index contributed by atoms with van der Waals surface area (Å²) in [4.78, 5) is 2.44. The van der Waals surface area contributed by atoms with Crippen molar-refractivity contribution in [2.24, 2.45) is 5.41 Å². The van der Waals surface area contributed by atoms with Gasteiger partial charge in [0.05, 0.1) is 5.75 Å². The van der Waals surface area contributed by atoms with Crippen molar-refractivity contribution < 1.29 is 8.42 Å². The van der Waals surface area contributed by atoms with Gasteiger partial charge >= 0.3 is 0 Å². The van der Waals surface area contributed by atoms with Crippen LogP contribution in [0.1, 0.15) is 20.3 Å². The molecule has 0 amide bonds. The monoisotopic (exact) mass is 248 g/mol. The molecule has 0 spiro atoms. The second-order valence-corrected chi connectivity index (χ2v) is 7.83. The lowest BCUT2D eigenvalue weighted by atomic mass is 9.93. The molecule has 1 rings (SSSR count). The molecule has 1 heterocycles. The molecule has 1 aliphatic rings. The SMILES string of the molecule is CC1(C)CCN(CCNCCS(C)(=O)=O)C1. The van der Waals surface area contributed by atoms with Crippen LogP contribution in [0.2, 0.25) is 0 Å². The Labute approximate surface area is 99.3 Å². The maximum absolute atomic E-state index is 10.9. The second-order valence-electron chi connectivity index (χ2n) is 5.57. The van der Waals surface area contributed by atoms with E-state index in [1.165, 1.54) is 19.2 Å². The summed E-state index contributed by atoms with van der Waals surface area (Å²) in [6.07, 6.45) is 2.54. The highest BCUT2D eigenvalue weighted by Gasteiger charge is 2.28. The van der Waals surface area contributed by atoms with E-state index in [1.807, 2.05) is 0 Å². The van der Waals surface area contributed by atoms with Gasteiger partial charge in [0.2, 0.25) is 0 Å². The van der Waals surface area contributed by atoms with Crippen LogP contribution in [0.3, 0.4) is 0 Å². The zero-order valence-corrected chi connectivity index (χ0v) is 11.4. The Morgan fingerprint density at radius 2 is 2.00 bits per heavy atom. The third-order valence-electron chi connectivity index (χ3n) is 3.01. The molecule has 1 saturated heterocycles. The van der Waals surface area contributed by atoms with Crippen LogP contribution >= 0.6 is 0 Å². The molecule has 1 fully saturated rings. The Morgan fingerprint density at radius 3 is 2.50 bits per heavy atom. The van der Waals surface area contributed by atoms with E-state index in [1.54, 1.807) is 0 Å². The van der Waals surface area contributed by atoms with E-state index < -0.39 is 9.84 Å². The predicted molar refractivity (Wildman–Crippen MR) is 67.4 cm³/mol. The van der Waals surface area contributed by atoms with Crippen LogP contribution in [0.25, 0.3) is 0 Å². The largest absolute Gasteiger partial charge is 0.314 e. The molecule has 0 aromatic carbocycles. The molecule has 0 aliphatic carbocycles. The number of nitrogens with zero attached hydrogens (tertiary/aromatic N) is 1. The zero-order chi connectivity index (χ0) is 12.2. The van der Waals surface area contributed by atoms with E-state index in [2.05, 4.69) is 24.1 Å². The highest BCUT2D eigenvalue weighted by Crippen LogP contribution is 2.28. The Bertz CT molecular complexity index is 312. The topological polar surface area (TPSA) is 49.4 Å². The van der Waals surface area contributed by atoms with Gasteiger partial charge in [-0.3, -0.25) is 0 Å². The molecule has 0 unspecified atom stereocenters. The van der Waals surface area contributed by atoms with Crippen molar-refractivity contribution in [2.45, 2.75) is 20.3 Å². The third-order valence-corrected chi connectivity index (χ3v) is 3.96. The van der Waals surface area contributed by atoms with Gasteiger partial charge in [-0.2, -0.15) is 0 Å². The minimum atomic E-state index is -2.82. The number of hydrogen-bond donors (Lipinski definition) is 1. The molecule has 4 nitrogen and oxygen atoms in total. The summed E-state index contributed by atoms with van der Waals surface area (Å²) in [6.45, 7) is 9.38. The van der Waals surface area contributed by atoms with Crippen LogP contribution in [0.4, 0.5) is 0 Å². The van der Waals surface area contributed by atoms with Crippen LogP contribution in [-0.4, -0.2) is 58.1 Å². The summed E-state index contributed by atoms with van der Waals surface area (Å²) in [5.41, 5.74) is 0.451. The maximum Gasteiger partial charge on any atom is 0.148 e. The number of likely N-dealkylation sites (tertiary alicyclic amines) is 1. The van der Waals surface area contributed by atoms with E-state index in [4.69, 9.17) is 0 Å². The van der Waals surface area contributed by atoms with Crippen LogP contribution in [0.5, 0.6) is 0 Å². The first-order valence-electron chi connectivity index (χ1n) is 5.89. The molecule has 1 N–H and O–H groups in total. The summed E-state index contributed by atoms with van der Waals surface area (Å²) in [5, 5.41) is 3.18. The van der Waals surface area contributed by atoms with Crippen LogP contribution < -0.4 is 5.32 Å². The van der Waals surface area contributed by atoms with Gasteiger partial charge in [0, 0.05) is 32.4 Å². The molecule has 16 heavy (non-hydrogen) atoms. The molecule has 96 valence electrons. The van der Waals surface area contributed by atoms with Gasteiger partial charge in [-0.1, -0.05) is 13.8 Å². The summed E-state index contributed by atoms with van der Waals surface area (Å²) in [7, 11) is -2.82. The van der Waals surface area contributed by atoms with Crippen LogP contribution in [-0.2, 0) is 9.84 Å². The molecule has 1 aliphatic heterocycles. The molecular formula is C11H24N2O2S. The molecule has 5 heteroatoms. The summed E-state index contributed by atoms with van der Waals surface area (Å²) < 4.78 is 21.8. The van der Waals surface area contributed by atoms with Crippen molar-refractivity contribution in [3.8, 4) is 0 Å². The molecule has 0 aromatic heterocycles. The molecular weight excluding hydrogens is 224 g/mol. The van der Waals surface area contributed by atoms with Gasteiger partial charge in [-0.05, 0) is 18.4 Å². The number of nitrogens with one attached hydrogen (secondary N) is 1. The molecule has 0 radical (unpaired) electrons. The average Bonchev–Trinajstić information content (AvgIpc) is 2.43. The Morgan fingerprint density at radius 1 is 1.31 bits per heavy atom. The van der Waals surface area contributed by atoms with Gasteiger partial charge in [0.25, 0.3) is 0 Å². The smallest absolute Gasteiger partial charge is 0.148 e. The predicted octanol–water partition coefficient (Wildman–Crippen LogP) is 0.353. The first-order valence-corrected chi connectivity index (χ1v) is 7.95. The summed E-state index contributed by atoms with van der Waals surface area (Å²) >= 11 is 0. The third kappa shape index (κ3) is 5.82. The first-order chi connectivity index (χ1) is 7.29. The average molecular weight is 248 g/mol. The van der Waals surface area contributed by atoms with Gasteiger partial charge in [0.15, 0.2) is 0 Å². The Hall–Kier alpha value is -0.130. The van der Waals surface area contributed by atoms with Crippen LogP contribution in [0.15, 0.2) is 0 Å². The fourth-order valence-corrected chi connectivity index (χ4v) is 2.55. The van der Waals surface area contributed by atoms with Gasteiger partial charge in [-0.15, -0.1) is 0 Å². The normalized spacial score (nSPS) is 21.4. The van der Waals surface area contributed by atoms with E-state index >= 15 is 0 Å². The first kappa shape index (κ1) is 13.9. The van der Waals surface area contributed by atoms with Crippen molar-refractivity contribution in [1.29, 1.82) is 0 Å². The second kappa shape index (κ2) is 5.47. The number of sulfone groups is 1. The zero-order valence-electron chi connectivity index (χ0n) is 10.6. The van der Waals surface area contributed by atoms with Crippen molar-refractivity contribution in [1.82, 2.24) is 10.2 Å². The van der Waals surface area contributed by atoms with Gasteiger partial charge in [-0.25, -0.2) is 8.42 Å². The van der Waals surface area contributed by atoms with Crippen molar-refractivity contribution in [3.63, 3.8) is 0 Å². The minimum absolute atomic E-state index is 0.235. The standard InChI is InChI=1S/C11H24N2O2S/c1-11(2)4-7-13(10-11)8-5-12-6-9-16(3,14)15/h12H,4-10H2,1-3H3. The van der Waals surface area contributed by atoms with E-state index in [-0.39, 0.29) is 5.75 Å². The van der Waals surface area contributed by atoms with Crippen molar-refractivity contribution >= 4 is 9.84 Å². The molecule has 0 atom stereocenters. The lowest BCUT2D eigenvalue weighted by molar-refractivity contribution is 0.291. The molecule has 0 saturated carbocycles. The molecule has 0 aromatic rings. The number of hydrogen-bond acceptors (Lipinski definition) is 4. The lowest BCUT2D eigenvalue weighted by Gasteiger charge is -2.19. The van der Waals surface area contributed by atoms with E-state index in [9.17, 15) is 8.42 Å². The maximum atomic E-state index is 10.9.